The van der Waals surface area contributed by atoms with Gasteiger partial charge in [0, 0.05) is 16.8 Å². The molecule has 0 saturated carbocycles. The molecule has 0 saturated heterocycles. The molecule has 0 aliphatic carbocycles. The summed E-state index contributed by atoms with van der Waals surface area (Å²) in [6.07, 6.45) is -3.96. The van der Waals surface area contributed by atoms with Crippen LogP contribution in [0.15, 0.2) is 22.2 Å². The first-order valence-corrected chi connectivity index (χ1v) is 10.3. The minimum Gasteiger partial charge on any atom is -0.475 e. The molecule has 0 aliphatic rings. The molecule has 0 aromatic carbocycles. The summed E-state index contributed by atoms with van der Waals surface area (Å²) in [5, 5.41) is 14.5. The number of imidazole rings is 2. The average molecular weight is 568 g/mol. The summed E-state index contributed by atoms with van der Waals surface area (Å²) in [6, 6.07) is 0. The van der Waals surface area contributed by atoms with Crippen LogP contribution in [0, 0.1) is 6.92 Å². The molecular formula is C21H22F6N6O6. The van der Waals surface area contributed by atoms with Gasteiger partial charge in [0.2, 0.25) is 0 Å². The highest BCUT2D eigenvalue weighted by atomic mass is 19.4. The highest BCUT2D eigenvalue weighted by Crippen LogP contribution is 2.22. The number of rotatable bonds is 2. The van der Waals surface area contributed by atoms with E-state index in [-0.39, 0.29) is 16.1 Å². The quantitative estimate of drug-likeness (QED) is 0.247. The third-order valence-corrected chi connectivity index (χ3v) is 4.32. The van der Waals surface area contributed by atoms with Crippen LogP contribution in [-0.2, 0) is 15.0 Å². The van der Waals surface area contributed by atoms with Crippen molar-refractivity contribution < 1.29 is 46.1 Å². The summed E-state index contributed by atoms with van der Waals surface area (Å²) in [7, 11) is 0. The lowest BCUT2D eigenvalue weighted by molar-refractivity contribution is -0.193. The summed E-state index contributed by atoms with van der Waals surface area (Å²) in [5.74, 6) is -5.51. The molecule has 18 heteroatoms. The second-order valence-electron chi connectivity index (χ2n) is 8.46. The largest absolute Gasteiger partial charge is 0.490 e. The smallest absolute Gasteiger partial charge is 0.475 e. The number of carboxylic acid groups (broad SMARTS) is 2. The van der Waals surface area contributed by atoms with Gasteiger partial charge in [0.15, 0.2) is 0 Å². The fourth-order valence-electron chi connectivity index (χ4n) is 2.50. The molecule has 0 aliphatic heterocycles. The molecule has 214 valence electrons. The van der Waals surface area contributed by atoms with E-state index in [4.69, 9.17) is 19.8 Å². The number of nitrogens with zero attached hydrogens (tertiary/aromatic N) is 2. The number of carbonyl (C=O) groups is 2. The first-order chi connectivity index (χ1) is 17.6. The van der Waals surface area contributed by atoms with E-state index in [1.165, 1.54) is 12.4 Å². The lowest BCUT2D eigenvalue weighted by atomic mass is 9.90. The van der Waals surface area contributed by atoms with Crippen LogP contribution in [-0.4, -0.2) is 64.4 Å². The maximum absolute atomic E-state index is 12.3. The summed E-state index contributed by atoms with van der Waals surface area (Å²) in [6.45, 7) is 7.94. The second-order valence-corrected chi connectivity index (χ2v) is 8.46. The highest BCUT2D eigenvalue weighted by Gasteiger charge is 2.38. The molecule has 6 N–H and O–H groups in total. The van der Waals surface area contributed by atoms with E-state index < -0.39 is 35.4 Å². The van der Waals surface area contributed by atoms with Crippen molar-refractivity contribution in [2.45, 2.75) is 45.5 Å². The maximum Gasteiger partial charge on any atom is 0.490 e. The van der Waals surface area contributed by atoms with E-state index in [2.05, 4.69) is 29.9 Å². The minimum atomic E-state index is -5.08. The van der Waals surface area contributed by atoms with Crippen LogP contribution < -0.4 is 21.8 Å². The molecule has 0 fully saturated rings. The van der Waals surface area contributed by atoms with Gasteiger partial charge >= 0.3 is 24.3 Å². The Bertz CT molecular complexity index is 1520. The van der Waals surface area contributed by atoms with E-state index in [0.29, 0.717) is 11.4 Å². The molecule has 0 atom stereocenters. The lowest BCUT2D eigenvalue weighted by Gasteiger charge is -2.16. The number of carboxylic acids is 2. The van der Waals surface area contributed by atoms with Gasteiger partial charge in [-0.25, -0.2) is 19.6 Å². The fraction of sp³-hybridized carbons (Fsp3) is 0.333. The zero-order valence-electron chi connectivity index (χ0n) is 20.5. The SMILES string of the molecule is Cc1[nH]cnc1/C=c1\[nH]c(=O)/c(=C/c2nc[nH]c2C(C)(C)C)[nH]c1=O.O=C(O)C(F)(F)F.O=C(O)C(F)(F)F. The normalized spacial score (nSPS) is 12.8. The zero-order valence-corrected chi connectivity index (χ0v) is 20.5. The van der Waals surface area contributed by atoms with E-state index in [0.717, 1.165) is 11.4 Å². The Balaban J connectivity index is 0.000000449. The molecular weight excluding hydrogens is 546 g/mol. The van der Waals surface area contributed by atoms with Crippen molar-refractivity contribution in [3.05, 3.63) is 66.8 Å². The Kier molecular flexibility index (Phi) is 10.2. The van der Waals surface area contributed by atoms with Gasteiger partial charge in [-0.2, -0.15) is 26.3 Å². The molecule has 3 heterocycles. The molecule has 3 rings (SSSR count). The number of aliphatic carboxylic acids is 2. The van der Waals surface area contributed by atoms with Gasteiger partial charge in [-0.1, -0.05) is 20.8 Å². The third-order valence-electron chi connectivity index (χ3n) is 4.32. The number of hydrogen-bond acceptors (Lipinski definition) is 6. The van der Waals surface area contributed by atoms with Crippen molar-refractivity contribution in [1.82, 2.24) is 29.9 Å². The number of hydrogen-bond donors (Lipinski definition) is 6. The first kappa shape index (κ1) is 32.4. The van der Waals surface area contributed by atoms with Gasteiger partial charge in [-0.15, -0.1) is 0 Å². The summed E-state index contributed by atoms with van der Waals surface area (Å²) < 4.78 is 63.5. The van der Waals surface area contributed by atoms with Crippen LogP contribution in [0.25, 0.3) is 12.2 Å². The number of alkyl halides is 6. The Hall–Kier alpha value is -4.64. The summed E-state index contributed by atoms with van der Waals surface area (Å²) in [4.78, 5) is 62.0. The minimum absolute atomic E-state index is 0.149. The number of halogens is 6. The van der Waals surface area contributed by atoms with E-state index in [1.807, 2.05) is 27.7 Å². The first-order valence-electron chi connectivity index (χ1n) is 10.3. The lowest BCUT2D eigenvalue weighted by Crippen LogP contribution is -2.46. The van der Waals surface area contributed by atoms with E-state index in [9.17, 15) is 35.9 Å². The Morgan fingerprint density at radius 1 is 0.769 bits per heavy atom. The van der Waals surface area contributed by atoms with E-state index in [1.54, 1.807) is 12.4 Å². The Morgan fingerprint density at radius 2 is 1.13 bits per heavy atom. The molecule has 0 amide bonds. The second kappa shape index (κ2) is 12.3. The number of aryl methyl sites for hydroxylation is 1. The Labute approximate surface area is 213 Å². The van der Waals surface area contributed by atoms with Crippen LogP contribution in [0.2, 0.25) is 0 Å². The predicted octanol–water partition coefficient (Wildman–Crippen LogP) is 1.04. The molecule has 0 bridgehead atoms. The average Bonchev–Trinajstić information content (AvgIpc) is 3.40. The van der Waals surface area contributed by atoms with Gasteiger partial charge in [0.25, 0.3) is 11.1 Å². The fourth-order valence-corrected chi connectivity index (χ4v) is 2.50. The standard InChI is InChI=1S/C17H20N6O2.2C2HF3O2/c1-9-10(19-7-18-9)5-12-15(24)23-13(16(25)22-12)6-11-14(17(2,3)4)21-8-20-11;2*3-2(4,5)1(6)7/h5-8H,1-4H3,(H,18,19)(H,20,21)(H,22,25)(H,23,24);2*(H,6,7)/b12-5-,13-6-;;. The van der Waals surface area contributed by atoms with Gasteiger partial charge in [0.1, 0.15) is 10.7 Å². The number of aromatic amines is 4. The molecule has 39 heavy (non-hydrogen) atoms. The molecule has 3 aromatic rings. The van der Waals surface area contributed by atoms with Crippen LogP contribution in [0.3, 0.4) is 0 Å². The van der Waals surface area contributed by atoms with Crippen molar-refractivity contribution in [2.24, 2.45) is 0 Å². The van der Waals surface area contributed by atoms with E-state index >= 15 is 0 Å². The van der Waals surface area contributed by atoms with Gasteiger partial charge in [-0.05, 0) is 19.1 Å². The van der Waals surface area contributed by atoms with Crippen molar-refractivity contribution in [3.8, 4) is 0 Å². The van der Waals surface area contributed by atoms with Crippen molar-refractivity contribution in [1.29, 1.82) is 0 Å². The topological polar surface area (TPSA) is 198 Å². The van der Waals surface area contributed by atoms with Crippen molar-refractivity contribution in [3.63, 3.8) is 0 Å². The Morgan fingerprint density at radius 3 is 1.46 bits per heavy atom. The molecule has 12 nitrogen and oxygen atoms in total. The van der Waals surface area contributed by atoms with Gasteiger partial charge in [0.05, 0.1) is 24.0 Å². The monoisotopic (exact) mass is 568 g/mol. The number of nitrogens with one attached hydrogen (secondary N) is 4. The third kappa shape index (κ3) is 9.97. The summed E-state index contributed by atoms with van der Waals surface area (Å²) >= 11 is 0. The van der Waals surface area contributed by atoms with Gasteiger partial charge in [-0.3, -0.25) is 9.59 Å². The number of aromatic nitrogens is 6. The zero-order chi connectivity index (χ0) is 30.3. The number of H-pyrrole nitrogens is 4. The van der Waals surface area contributed by atoms with Crippen LogP contribution in [0.4, 0.5) is 26.3 Å². The van der Waals surface area contributed by atoms with Crippen LogP contribution in [0.5, 0.6) is 0 Å². The van der Waals surface area contributed by atoms with Crippen LogP contribution in [0.1, 0.15) is 43.5 Å². The predicted molar refractivity (Wildman–Crippen MR) is 122 cm³/mol. The molecule has 0 unspecified atom stereocenters. The maximum atomic E-state index is 12.3. The molecule has 3 aromatic heterocycles. The molecule has 0 radical (unpaired) electrons. The van der Waals surface area contributed by atoms with Crippen LogP contribution >= 0.6 is 0 Å². The highest BCUT2D eigenvalue weighted by molar-refractivity contribution is 5.73. The van der Waals surface area contributed by atoms with Crippen molar-refractivity contribution in [2.75, 3.05) is 0 Å². The summed E-state index contributed by atoms with van der Waals surface area (Å²) in [5.41, 5.74) is 1.94. The molecule has 0 spiro atoms. The van der Waals surface area contributed by atoms with Crippen molar-refractivity contribution >= 4 is 24.1 Å². The van der Waals surface area contributed by atoms with Gasteiger partial charge < -0.3 is 30.1 Å².